The minimum Gasteiger partial charge on any atom is -0.339 e. The van der Waals surface area contributed by atoms with E-state index in [9.17, 15) is 0 Å². The van der Waals surface area contributed by atoms with Crippen LogP contribution in [-0.4, -0.2) is 10.1 Å². The van der Waals surface area contributed by atoms with Crippen molar-refractivity contribution in [3.05, 3.63) is 70.5 Å². The lowest BCUT2D eigenvalue weighted by atomic mass is 10.0. The molecule has 2 atom stereocenters. The zero-order valence-electron chi connectivity index (χ0n) is 13.0. The van der Waals surface area contributed by atoms with Crippen molar-refractivity contribution in [2.24, 2.45) is 5.41 Å². The van der Waals surface area contributed by atoms with Crippen LogP contribution in [0.25, 0.3) is 11.4 Å². The van der Waals surface area contributed by atoms with Crippen LogP contribution in [0.5, 0.6) is 0 Å². The molecule has 3 aromatic rings. The third kappa shape index (κ3) is 2.51. The third-order valence-corrected chi connectivity index (χ3v) is 5.32. The van der Waals surface area contributed by atoms with Crippen molar-refractivity contribution in [3.8, 4) is 11.4 Å². The fraction of sp³-hybridized carbons (Fsp3) is 0.263. The van der Waals surface area contributed by atoms with Crippen molar-refractivity contribution in [2.45, 2.75) is 25.7 Å². The summed E-state index contributed by atoms with van der Waals surface area (Å²) < 4.78 is 6.68. The van der Waals surface area contributed by atoms with Crippen LogP contribution in [0.2, 0.25) is 0 Å². The number of halogens is 1. The molecule has 4 heteroatoms. The second-order valence-electron chi connectivity index (χ2n) is 6.65. The maximum atomic E-state index is 5.58. The molecule has 1 saturated carbocycles. The standard InChI is InChI=1S/C19H17BrN2O/c1-19(2)15(12-8-10-14(20)11-9-12)16(19)18-21-17(22-23-18)13-6-4-3-5-7-13/h3-11,15-16H,1-2H3/t15-,16+/m1/s1. The highest BCUT2D eigenvalue weighted by atomic mass is 79.9. The first-order valence-electron chi connectivity index (χ1n) is 7.72. The molecular formula is C19H17BrN2O. The molecule has 0 spiro atoms. The van der Waals surface area contributed by atoms with Crippen molar-refractivity contribution in [1.29, 1.82) is 0 Å². The van der Waals surface area contributed by atoms with Crippen LogP contribution in [0, 0.1) is 5.41 Å². The number of benzene rings is 2. The van der Waals surface area contributed by atoms with Crippen molar-refractivity contribution in [3.63, 3.8) is 0 Å². The first-order valence-corrected chi connectivity index (χ1v) is 8.51. The first-order chi connectivity index (χ1) is 11.1. The lowest BCUT2D eigenvalue weighted by Gasteiger charge is -2.02. The smallest absolute Gasteiger partial charge is 0.231 e. The van der Waals surface area contributed by atoms with E-state index >= 15 is 0 Å². The third-order valence-electron chi connectivity index (χ3n) is 4.80. The molecule has 0 unspecified atom stereocenters. The fourth-order valence-corrected chi connectivity index (χ4v) is 3.72. The number of aromatic nitrogens is 2. The van der Waals surface area contributed by atoms with E-state index in [0.29, 0.717) is 11.7 Å². The Morgan fingerprint density at radius 3 is 2.35 bits per heavy atom. The maximum Gasteiger partial charge on any atom is 0.231 e. The van der Waals surface area contributed by atoms with Gasteiger partial charge in [0.2, 0.25) is 11.7 Å². The molecule has 116 valence electrons. The van der Waals surface area contributed by atoms with Crippen molar-refractivity contribution in [1.82, 2.24) is 10.1 Å². The first kappa shape index (κ1) is 14.6. The average molecular weight is 369 g/mol. The molecule has 1 aromatic heterocycles. The Kier molecular flexibility index (Phi) is 3.38. The Labute approximate surface area is 143 Å². The summed E-state index contributed by atoms with van der Waals surface area (Å²) in [5.41, 5.74) is 2.44. The minimum atomic E-state index is 0.133. The summed E-state index contributed by atoms with van der Waals surface area (Å²) >= 11 is 3.49. The van der Waals surface area contributed by atoms with Crippen LogP contribution in [0.15, 0.2) is 63.6 Å². The monoisotopic (exact) mass is 368 g/mol. The van der Waals surface area contributed by atoms with Crippen LogP contribution >= 0.6 is 15.9 Å². The molecule has 2 aromatic carbocycles. The predicted molar refractivity (Wildman–Crippen MR) is 93.1 cm³/mol. The van der Waals surface area contributed by atoms with Gasteiger partial charge in [0, 0.05) is 16.0 Å². The molecule has 1 heterocycles. The molecule has 0 bridgehead atoms. The van der Waals surface area contributed by atoms with E-state index < -0.39 is 0 Å². The number of nitrogens with zero attached hydrogens (tertiary/aromatic N) is 2. The highest BCUT2D eigenvalue weighted by Gasteiger charge is 2.61. The summed E-state index contributed by atoms with van der Waals surface area (Å²) in [5.74, 6) is 2.09. The molecule has 3 nitrogen and oxygen atoms in total. The molecule has 0 N–H and O–H groups in total. The number of hydrogen-bond donors (Lipinski definition) is 0. The lowest BCUT2D eigenvalue weighted by molar-refractivity contribution is 0.368. The Morgan fingerprint density at radius 2 is 1.65 bits per heavy atom. The SMILES string of the molecule is CC1(C)[C@H](c2ccc(Br)cc2)[C@H]1c1nc(-c2ccccc2)no1. The van der Waals surface area contributed by atoms with Gasteiger partial charge in [-0.1, -0.05) is 77.4 Å². The second kappa shape index (κ2) is 5.31. The molecule has 23 heavy (non-hydrogen) atoms. The lowest BCUT2D eigenvalue weighted by Crippen LogP contribution is -1.90. The van der Waals surface area contributed by atoms with Gasteiger partial charge in [-0.3, -0.25) is 0 Å². The van der Waals surface area contributed by atoms with Crippen molar-refractivity contribution >= 4 is 15.9 Å². The van der Waals surface area contributed by atoms with Crippen LogP contribution in [0.3, 0.4) is 0 Å². The highest BCUT2D eigenvalue weighted by Crippen LogP contribution is 2.69. The molecular weight excluding hydrogens is 352 g/mol. The van der Waals surface area contributed by atoms with Crippen LogP contribution in [-0.2, 0) is 0 Å². The van der Waals surface area contributed by atoms with E-state index in [0.717, 1.165) is 15.9 Å². The van der Waals surface area contributed by atoms with E-state index in [4.69, 9.17) is 4.52 Å². The number of hydrogen-bond acceptors (Lipinski definition) is 3. The minimum absolute atomic E-state index is 0.133. The normalized spacial score (nSPS) is 22.0. The zero-order valence-corrected chi connectivity index (χ0v) is 14.6. The van der Waals surface area contributed by atoms with Crippen LogP contribution < -0.4 is 0 Å². The second-order valence-corrected chi connectivity index (χ2v) is 7.57. The average Bonchev–Trinajstić information content (AvgIpc) is 2.92. The van der Waals surface area contributed by atoms with Crippen molar-refractivity contribution < 1.29 is 4.52 Å². The molecule has 0 amide bonds. The summed E-state index contributed by atoms with van der Waals surface area (Å²) in [5, 5.41) is 4.16. The van der Waals surface area contributed by atoms with Gasteiger partial charge in [0.25, 0.3) is 0 Å². The van der Waals surface area contributed by atoms with E-state index in [2.05, 4.69) is 64.2 Å². The predicted octanol–water partition coefficient (Wildman–Crippen LogP) is 5.41. The van der Waals surface area contributed by atoms with E-state index in [1.807, 2.05) is 30.3 Å². The summed E-state index contributed by atoms with van der Waals surface area (Å²) in [6.07, 6.45) is 0. The molecule has 0 saturated heterocycles. The number of rotatable bonds is 3. The molecule has 0 radical (unpaired) electrons. The van der Waals surface area contributed by atoms with Gasteiger partial charge in [-0.25, -0.2) is 0 Å². The summed E-state index contributed by atoms with van der Waals surface area (Å²) in [6, 6.07) is 18.5. The Morgan fingerprint density at radius 1 is 0.957 bits per heavy atom. The summed E-state index contributed by atoms with van der Waals surface area (Å²) in [6.45, 7) is 4.52. The topological polar surface area (TPSA) is 38.9 Å². The quantitative estimate of drug-likeness (QED) is 0.620. The van der Waals surface area contributed by atoms with Gasteiger partial charge in [-0.2, -0.15) is 4.98 Å². The van der Waals surface area contributed by atoms with Gasteiger partial charge in [0.15, 0.2) is 0 Å². The molecule has 4 rings (SSSR count). The Balaban J connectivity index is 1.64. The molecule has 1 aliphatic rings. The molecule has 1 fully saturated rings. The van der Waals surface area contributed by atoms with E-state index in [1.165, 1.54) is 5.56 Å². The van der Waals surface area contributed by atoms with Gasteiger partial charge in [-0.05, 0) is 23.1 Å². The zero-order chi connectivity index (χ0) is 16.0. The molecule has 1 aliphatic carbocycles. The van der Waals surface area contributed by atoms with Gasteiger partial charge in [0.1, 0.15) is 0 Å². The Hall–Kier alpha value is -1.94. The highest BCUT2D eigenvalue weighted by molar-refractivity contribution is 9.10. The maximum absolute atomic E-state index is 5.58. The van der Waals surface area contributed by atoms with E-state index in [-0.39, 0.29) is 11.3 Å². The van der Waals surface area contributed by atoms with Crippen LogP contribution in [0.4, 0.5) is 0 Å². The summed E-state index contributed by atoms with van der Waals surface area (Å²) in [4.78, 5) is 4.64. The van der Waals surface area contributed by atoms with E-state index in [1.54, 1.807) is 0 Å². The molecule has 0 aliphatic heterocycles. The van der Waals surface area contributed by atoms with Gasteiger partial charge >= 0.3 is 0 Å². The Bertz CT molecular complexity index is 824. The van der Waals surface area contributed by atoms with Gasteiger partial charge in [-0.15, -0.1) is 0 Å². The fourth-order valence-electron chi connectivity index (χ4n) is 3.46. The summed E-state index contributed by atoms with van der Waals surface area (Å²) in [7, 11) is 0. The van der Waals surface area contributed by atoms with Crippen molar-refractivity contribution in [2.75, 3.05) is 0 Å². The van der Waals surface area contributed by atoms with Gasteiger partial charge < -0.3 is 4.52 Å². The van der Waals surface area contributed by atoms with Gasteiger partial charge in [0.05, 0.1) is 5.92 Å². The largest absolute Gasteiger partial charge is 0.339 e. The van der Waals surface area contributed by atoms with Crippen LogP contribution in [0.1, 0.15) is 37.1 Å².